The number of methoxy groups -OCH3 is 1. The van der Waals surface area contributed by atoms with Crippen molar-refractivity contribution in [3.63, 3.8) is 0 Å². The molecule has 1 aromatic rings. The summed E-state index contributed by atoms with van der Waals surface area (Å²) in [4.78, 5) is 11.9. The number of ketones is 1. The third-order valence-electron chi connectivity index (χ3n) is 2.54. The normalized spacial score (nSPS) is 11.6. The SMILES string of the molecule is COC(C)(C)C(=O)Cc1cc(Cl)ccc1Cl. The minimum Gasteiger partial charge on any atom is -0.371 e. The number of carbonyl (C=O) groups is 1. The van der Waals surface area contributed by atoms with Gasteiger partial charge in [0.05, 0.1) is 0 Å². The molecule has 1 aromatic carbocycles. The Morgan fingerprint density at radius 3 is 2.56 bits per heavy atom. The Balaban J connectivity index is 2.89. The van der Waals surface area contributed by atoms with Crippen molar-refractivity contribution in [2.24, 2.45) is 0 Å². The maximum absolute atomic E-state index is 11.9. The van der Waals surface area contributed by atoms with Crippen LogP contribution in [-0.2, 0) is 16.0 Å². The van der Waals surface area contributed by atoms with Crippen molar-refractivity contribution in [2.45, 2.75) is 25.9 Å². The summed E-state index contributed by atoms with van der Waals surface area (Å²) in [5, 5.41) is 1.12. The Kier molecular flexibility index (Phi) is 4.36. The van der Waals surface area contributed by atoms with Gasteiger partial charge < -0.3 is 4.74 Å². The van der Waals surface area contributed by atoms with Crippen LogP contribution in [0.5, 0.6) is 0 Å². The molecule has 0 atom stereocenters. The smallest absolute Gasteiger partial charge is 0.168 e. The largest absolute Gasteiger partial charge is 0.371 e. The molecule has 0 aliphatic rings. The van der Waals surface area contributed by atoms with E-state index in [-0.39, 0.29) is 12.2 Å². The number of hydrogen-bond acceptors (Lipinski definition) is 2. The molecule has 0 bridgehead atoms. The highest BCUT2D eigenvalue weighted by Crippen LogP contribution is 2.23. The van der Waals surface area contributed by atoms with Crippen LogP contribution in [0, 0.1) is 0 Å². The maximum Gasteiger partial charge on any atom is 0.168 e. The van der Waals surface area contributed by atoms with Crippen molar-refractivity contribution in [3.8, 4) is 0 Å². The van der Waals surface area contributed by atoms with Crippen molar-refractivity contribution in [3.05, 3.63) is 33.8 Å². The summed E-state index contributed by atoms with van der Waals surface area (Å²) in [6, 6.07) is 5.08. The Morgan fingerprint density at radius 2 is 2.00 bits per heavy atom. The number of rotatable bonds is 4. The fourth-order valence-electron chi connectivity index (χ4n) is 1.18. The molecule has 0 aliphatic carbocycles. The van der Waals surface area contributed by atoms with Gasteiger partial charge in [-0.1, -0.05) is 23.2 Å². The highest BCUT2D eigenvalue weighted by atomic mass is 35.5. The van der Waals surface area contributed by atoms with E-state index in [9.17, 15) is 4.79 Å². The van der Waals surface area contributed by atoms with E-state index in [1.165, 1.54) is 7.11 Å². The summed E-state index contributed by atoms with van der Waals surface area (Å²) in [6.45, 7) is 3.46. The molecule has 0 aromatic heterocycles. The topological polar surface area (TPSA) is 26.3 Å². The van der Waals surface area contributed by atoms with Gasteiger partial charge in [0.2, 0.25) is 0 Å². The van der Waals surface area contributed by atoms with Gasteiger partial charge in [-0.3, -0.25) is 4.79 Å². The second kappa shape index (κ2) is 5.17. The first-order valence-corrected chi connectivity index (χ1v) is 5.65. The molecule has 0 aliphatic heterocycles. The lowest BCUT2D eigenvalue weighted by Crippen LogP contribution is -2.35. The number of carbonyl (C=O) groups excluding carboxylic acids is 1. The summed E-state index contributed by atoms with van der Waals surface area (Å²) in [5.74, 6) is -0.0285. The standard InChI is InChI=1S/C12H14Cl2O2/c1-12(2,16-3)11(15)7-8-6-9(13)4-5-10(8)14/h4-6H,7H2,1-3H3. The molecule has 0 saturated carbocycles. The summed E-state index contributed by atoms with van der Waals surface area (Å²) in [7, 11) is 1.51. The zero-order chi connectivity index (χ0) is 12.3. The van der Waals surface area contributed by atoms with E-state index in [0.717, 1.165) is 5.56 Å². The Hall–Kier alpha value is -0.570. The fourth-order valence-corrected chi connectivity index (χ4v) is 1.56. The van der Waals surface area contributed by atoms with Crippen molar-refractivity contribution in [1.29, 1.82) is 0 Å². The molecule has 0 unspecified atom stereocenters. The highest BCUT2D eigenvalue weighted by Gasteiger charge is 2.27. The molecule has 2 nitrogen and oxygen atoms in total. The molecule has 4 heteroatoms. The minimum atomic E-state index is -0.800. The van der Waals surface area contributed by atoms with Gasteiger partial charge in [0.25, 0.3) is 0 Å². The molecule has 88 valence electrons. The summed E-state index contributed by atoms with van der Waals surface area (Å²) < 4.78 is 5.12. The Morgan fingerprint density at radius 1 is 1.38 bits per heavy atom. The molecule has 0 amide bonds. The molecule has 0 heterocycles. The van der Waals surface area contributed by atoms with Gasteiger partial charge in [-0.2, -0.15) is 0 Å². The molecule has 0 N–H and O–H groups in total. The predicted octanol–water partition coefficient (Wildman–Crippen LogP) is 3.53. The molecule has 16 heavy (non-hydrogen) atoms. The second-order valence-electron chi connectivity index (χ2n) is 4.05. The Labute approximate surface area is 106 Å². The van der Waals surface area contributed by atoms with Gasteiger partial charge in [-0.05, 0) is 37.6 Å². The average Bonchev–Trinajstić information content (AvgIpc) is 2.23. The van der Waals surface area contributed by atoms with E-state index in [0.29, 0.717) is 10.0 Å². The first-order valence-electron chi connectivity index (χ1n) is 4.89. The average molecular weight is 261 g/mol. The van der Waals surface area contributed by atoms with Gasteiger partial charge in [0.1, 0.15) is 5.60 Å². The second-order valence-corrected chi connectivity index (χ2v) is 4.89. The maximum atomic E-state index is 11.9. The van der Waals surface area contributed by atoms with Crippen LogP contribution in [0.4, 0.5) is 0 Å². The third kappa shape index (κ3) is 3.21. The van der Waals surface area contributed by atoms with E-state index in [2.05, 4.69) is 0 Å². The lowest BCUT2D eigenvalue weighted by atomic mass is 9.97. The van der Waals surface area contributed by atoms with Gasteiger partial charge in [-0.25, -0.2) is 0 Å². The summed E-state index contributed by atoms with van der Waals surface area (Å²) >= 11 is 11.8. The molecular weight excluding hydrogens is 247 g/mol. The zero-order valence-electron chi connectivity index (χ0n) is 9.51. The van der Waals surface area contributed by atoms with Crippen LogP contribution < -0.4 is 0 Å². The lowest BCUT2D eigenvalue weighted by molar-refractivity contribution is -0.136. The zero-order valence-corrected chi connectivity index (χ0v) is 11.0. The summed E-state index contributed by atoms with van der Waals surface area (Å²) in [5.41, 5.74) is -0.0738. The molecule has 1 rings (SSSR count). The van der Waals surface area contributed by atoms with Crippen LogP contribution in [0.3, 0.4) is 0 Å². The van der Waals surface area contributed by atoms with E-state index in [1.807, 2.05) is 0 Å². The molecule has 0 saturated heterocycles. The van der Waals surface area contributed by atoms with Crippen molar-refractivity contribution in [1.82, 2.24) is 0 Å². The number of halogens is 2. The summed E-state index contributed by atoms with van der Waals surface area (Å²) in [6.07, 6.45) is 0.222. The Bertz CT molecular complexity index is 400. The van der Waals surface area contributed by atoms with Crippen molar-refractivity contribution < 1.29 is 9.53 Å². The molecule has 0 fully saturated rings. The molecule has 0 spiro atoms. The fraction of sp³-hybridized carbons (Fsp3) is 0.417. The first kappa shape index (κ1) is 13.5. The van der Waals surface area contributed by atoms with Crippen LogP contribution in [0.1, 0.15) is 19.4 Å². The van der Waals surface area contributed by atoms with Gasteiger partial charge in [-0.15, -0.1) is 0 Å². The van der Waals surface area contributed by atoms with Crippen molar-refractivity contribution in [2.75, 3.05) is 7.11 Å². The van der Waals surface area contributed by atoms with Crippen LogP contribution in [0.2, 0.25) is 10.0 Å². The highest BCUT2D eigenvalue weighted by molar-refractivity contribution is 6.33. The lowest BCUT2D eigenvalue weighted by Gasteiger charge is -2.21. The van der Waals surface area contributed by atoms with E-state index in [1.54, 1.807) is 32.0 Å². The van der Waals surface area contributed by atoms with E-state index >= 15 is 0 Å². The molecule has 0 radical (unpaired) electrons. The monoisotopic (exact) mass is 260 g/mol. The third-order valence-corrected chi connectivity index (χ3v) is 3.14. The number of hydrogen-bond donors (Lipinski definition) is 0. The van der Waals surface area contributed by atoms with Crippen LogP contribution in [-0.4, -0.2) is 18.5 Å². The van der Waals surface area contributed by atoms with Crippen LogP contribution in [0.15, 0.2) is 18.2 Å². The quantitative estimate of drug-likeness (QED) is 0.828. The van der Waals surface area contributed by atoms with Crippen LogP contribution >= 0.6 is 23.2 Å². The van der Waals surface area contributed by atoms with E-state index in [4.69, 9.17) is 27.9 Å². The van der Waals surface area contributed by atoms with Crippen molar-refractivity contribution >= 4 is 29.0 Å². The number of ether oxygens (including phenoxy) is 1. The van der Waals surface area contributed by atoms with Gasteiger partial charge in [0, 0.05) is 23.6 Å². The minimum absolute atomic E-state index is 0.0285. The first-order chi connectivity index (χ1) is 7.36. The predicted molar refractivity (Wildman–Crippen MR) is 66.3 cm³/mol. The van der Waals surface area contributed by atoms with Gasteiger partial charge >= 0.3 is 0 Å². The molecular formula is C12H14Cl2O2. The van der Waals surface area contributed by atoms with Crippen LogP contribution in [0.25, 0.3) is 0 Å². The van der Waals surface area contributed by atoms with Gasteiger partial charge in [0.15, 0.2) is 5.78 Å². The number of Topliss-reactive ketones (excluding diaryl/α,β-unsaturated/α-hetero) is 1. The number of benzene rings is 1. The van der Waals surface area contributed by atoms with E-state index < -0.39 is 5.60 Å².